The van der Waals surface area contributed by atoms with E-state index < -0.39 is 0 Å². The van der Waals surface area contributed by atoms with Crippen LogP contribution in [0.2, 0.25) is 0 Å². The van der Waals surface area contributed by atoms with Crippen molar-refractivity contribution < 1.29 is 9.53 Å². The Kier molecular flexibility index (Phi) is 6.02. The van der Waals surface area contributed by atoms with Gasteiger partial charge in [0.15, 0.2) is 0 Å². The van der Waals surface area contributed by atoms with Gasteiger partial charge < -0.3 is 15.8 Å². The number of nitrogens with one attached hydrogen (secondary N) is 1. The Balaban J connectivity index is 1.95. The largest absolute Gasteiger partial charge is 0.397 e. The van der Waals surface area contributed by atoms with E-state index in [9.17, 15) is 4.79 Å². The van der Waals surface area contributed by atoms with Gasteiger partial charge in [0.05, 0.1) is 5.69 Å². The van der Waals surface area contributed by atoms with E-state index in [0.717, 1.165) is 34.0 Å². The van der Waals surface area contributed by atoms with Crippen molar-refractivity contribution in [2.45, 2.75) is 19.8 Å². The summed E-state index contributed by atoms with van der Waals surface area (Å²) < 4.78 is 7.37. The van der Waals surface area contributed by atoms with Crippen molar-refractivity contribution in [1.82, 2.24) is 5.32 Å². The zero-order valence-corrected chi connectivity index (χ0v) is 14.4. The van der Waals surface area contributed by atoms with Crippen LogP contribution >= 0.6 is 27.3 Å². The number of halogens is 1. The maximum absolute atomic E-state index is 12.2. The Morgan fingerprint density at radius 3 is 3.00 bits per heavy atom. The van der Waals surface area contributed by atoms with Crippen LogP contribution in [-0.4, -0.2) is 25.7 Å². The Labute approximate surface area is 136 Å². The molecular formula is C15H19BrN2O2S. The van der Waals surface area contributed by atoms with Gasteiger partial charge in [0, 0.05) is 34.3 Å². The predicted octanol–water partition coefficient (Wildman–Crippen LogP) is 3.79. The number of nitrogen functional groups attached to an aromatic ring is 1. The van der Waals surface area contributed by atoms with Gasteiger partial charge in [-0.2, -0.15) is 0 Å². The molecule has 0 spiro atoms. The third kappa shape index (κ3) is 4.18. The number of amides is 1. The van der Waals surface area contributed by atoms with Gasteiger partial charge in [0.25, 0.3) is 5.91 Å². The number of nitrogens with two attached hydrogens (primary N) is 1. The van der Waals surface area contributed by atoms with Crippen LogP contribution in [0.1, 0.15) is 29.4 Å². The molecule has 0 bridgehead atoms. The molecule has 1 aromatic carbocycles. The van der Waals surface area contributed by atoms with Crippen LogP contribution in [0.15, 0.2) is 22.7 Å². The van der Waals surface area contributed by atoms with Crippen molar-refractivity contribution in [2.75, 3.05) is 25.5 Å². The number of anilines is 1. The second-order valence-electron chi connectivity index (χ2n) is 4.71. The van der Waals surface area contributed by atoms with Crippen LogP contribution in [0.25, 0.3) is 10.1 Å². The Hall–Kier alpha value is -1.11. The van der Waals surface area contributed by atoms with E-state index in [-0.39, 0.29) is 5.91 Å². The molecule has 2 aromatic rings. The van der Waals surface area contributed by atoms with E-state index in [1.54, 1.807) is 0 Å². The molecule has 0 aliphatic rings. The highest BCUT2D eigenvalue weighted by Crippen LogP contribution is 2.35. The highest BCUT2D eigenvalue weighted by atomic mass is 79.9. The summed E-state index contributed by atoms with van der Waals surface area (Å²) in [5.74, 6) is -0.111. The monoisotopic (exact) mass is 370 g/mol. The van der Waals surface area contributed by atoms with Gasteiger partial charge in [-0.25, -0.2) is 0 Å². The minimum Gasteiger partial charge on any atom is -0.397 e. The van der Waals surface area contributed by atoms with E-state index in [1.807, 2.05) is 18.2 Å². The average molecular weight is 371 g/mol. The quantitative estimate of drug-likeness (QED) is 0.728. The lowest BCUT2D eigenvalue weighted by molar-refractivity contribution is 0.0946. The number of benzene rings is 1. The first-order valence-electron chi connectivity index (χ1n) is 6.97. The second kappa shape index (κ2) is 7.77. The summed E-state index contributed by atoms with van der Waals surface area (Å²) in [6.07, 6.45) is 1.82. The summed E-state index contributed by atoms with van der Waals surface area (Å²) in [6, 6.07) is 5.84. The van der Waals surface area contributed by atoms with Gasteiger partial charge in [-0.15, -0.1) is 11.3 Å². The third-order valence-electron chi connectivity index (χ3n) is 3.00. The van der Waals surface area contributed by atoms with E-state index in [2.05, 4.69) is 28.2 Å². The molecule has 0 fully saturated rings. The van der Waals surface area contributed by atoms with Crippen molar-refractivity contribution in [3.8, 4) is 0 Å². The molecule has 3 N–H and O–H groups in total. The molecule has 0 unspecified atom stereocenters. The van der Waals surface area contributed by atoms with Gasteiger partial charge >= 0.3 is 0 Å². The average Bonchev–Trinajstić information content (AvgIpc) is 2.79. The normalized spacial score (nSPS) is 11.0. The molecule has 6 heteroatoms. The van der Waals surface area contributed by atoms with Crippen molar-refractivity contribution >= 4 is 48.9 Å². The molecule has 0 aliphatic carbocycles. The first-order chi connectivity index (χ1) is 10.1. The van der Waals surface area contributed by atoms with Crippen molar-refractivity contribution in [3.63, 3.8) is 0 Å². The maximum Gasteiger partial charge on any atom is 0.263 e. The fraction of sp³-hybridized carbons (Fsp3) is 0.400. The molecule has 0 saturated carbocycles. The fourth-order valence-electron chi connectivity index (χ4n) is 1.96. The van der Waals surface area contributed by atoms with Crippen molar-refractivity contribution in [3.05, 3.63) is 27.5 Å². The summed E-state index contributed by atoms with van der Waals surface area (Å²) in [4.78, 5) is 12.8. The SMILES string of the molecule is CCCOCCCNC(=O)c1sc2cc(Br)ccc2c1N. The van der Waals surface area contributed by atoms with Crippen LogP contribution in [0.3, 0.4) is 0 Å². The Morgan fingerprint density at radius 1 is 1.43 bits per heavy atom. The summed E-state index contributed by atoms with van der Waals surface area (Å²) in [6.45, 7) is 4.11. The number of thiophene rings is 1. The maximum atomic E-state index is 12.2. The van der Waals surface area contributed by atoms with Gasteiger partial charge in [-0.05, 0) is 25.0 Å². The van der Waals surface area contributed by atoms with Crippen LogP contribution in [-0.2, 0) is 4.74 Å². The minimum absolute atomic E-state index is 0.111. The summed E-state index contributed by atoms with van der Waals surface area (Å²) in [5, 5.41) is 3.82. The molecule has 114 valence electrons. The molecule has 1 heterocycles. The Morgan fingerprint density at radius 2 is 2.24 bits per heavy atom. The number of ether oxygens (including phenoxy) is 1. The molecule has 0 radical (unpaired) electrons. The van der Waals surface area contributed by atoms with Crippen molar-refractivity contribution in [1.29, 1.82) is 0 Å². The first-order valence-corrected chi connectivity index (χ1v) is 8.58. The molecule has 1 amide bonds. The van der Waals surface area contributed by atoms with Crippen LogP contribution in [0.4, 0.5) is 5.69 Å². The van der Waals surface area contributed by atoms with Crippen molar-refractivity contribution in [2.24, 2.45) is 0 Å². The Bertz CT molecular complexity index is 627. The number of carbonyl (C=O) groups is 1. The number of hydrogen-bond donors (Lipinski definition) is 2. The minimum atomic E-state index is -0.111. The van der Waals surface area contributed by atoms with Crippen LogP contribution < -0.4 is 11.1 Å². The van der Waals surface area contributed by atoms with E-state index in [0.29, 0.717) is 23.7 Å². The summed E-state index contributed by atoms with van der Waals surface area (Å²) in [7, 11) is 0. The van der Waals surface area contributed by atoms with E-state index >= 15 is 0 Å². The van der Waals surface area contributed by atoms with Gasteiger partial charge in [-0.1, -0.05) is 28.9 Å². The smallest absolute Gasteiger partial charge is 0.263 e. The van der Waals surface area contributed by atoms with Gasteiger partial charge in [0.1, 0.15) is 4.88 Å². The summed E-state index contributed by atoms with van der Waals surface area (Å²) in [5.41, 5.74) is 6.63. The van der Waals surface area contributed by atoms with Crippen LogP contribution in [0, 0.1) is 0 Å². The topological polar surface area (TPSA) is 64.3 Å². The van der Waals surface area contributed by atoms with Crippen LogP contribution in [0.5, 0.6) is 0 Å². The number of rotatable bonds is 7. The molecule has 1 aromatic heterocycles. The number of hydrogen-bond acceptors (Lipinski definition) is 4. The lowest BCUT2D eigenvalue weighted by Gasteiger charge is -2.05. The number of carbonyl (C=O) groups excluding carboxylic acids is 1. The molecule has 2 rings (SSSR count). The molecule has 4 nitrogen and oxygen atoms in total. The first kappa shape index (κ1) is 16.3. The highest BCUT2D eigenvalue weighted by Gasteiger charge is 2.15. The van der Waals surface area contributed by atoms with E-state index in [4.69, 9.17) is 10.5 Å². The molecule has 21 heavy (non-hydrogen) atoms. The zero-order valence-electron chi connectivity index (χ0n) is 11.9. The fourth-order valence-corrected chi connectivity index (χ4v) is 3.55. The number of fused-ring (bicyclic) bond motifs is 1. The third-order valence-corrected chi connectivity index (χ3v) is 4.66. The van der Waals surface area contributed by atoms with Gasteiger partial charge in [0.2, 0.25) is 0 Å². The molecular weight excluding hydrogens is 352 g/mol. The summed E-state index contributed by atoms with van der Waals surface area (Å²) >= 11 is 4.85. The lowest BCUT2D eigenvalue weighted by atomic mass is 10.2. The van der Waals surface area contributed by atoms with E-state index in [1.165, 1.54) is 11.3 Å². The molecule has 0 aliphatic heterocycles. The van der Waals surface area contributed by atoms with Gasteiger partial charge in [-0.3, -0.25) is 4.79 Å². The molecule has 0 saturated heterocycles. The zero-order chi connectivity index (χ0) is 15.2. The molecule has 0 atom stereocenters. The second-order valence-corrected chi connectivity index (χ2v) is 6.68. The lowest BCUT2D eigenvalue weighted by Crippen LogP contribution is -2.25. The standard InChI is InChI=1S/C15H19BrN2O2S/c1-2-7-20-8-3-6-18-15(19)14-13(17)11-5-4-10(16)9-12(11)21-14/h4-5,9H,2-3,6-8,17H2,1H3,(H,18,19). The predicted molar refractivity (Wildman–Crippen MR) is 92.0 cm³/mol. The highest BCUT2D eigenvalue weighted by molar-refractivity contribution is 9.10.